The normalized spacial score (nSPS) is 16.9. The summed E-state index contributed by atoms with van der Waals surface area (Å²) in [6.07, 6.45) is 3.75. The number of hydrogen-bond acceptors (Lipinski definition) is 3. The number of benzene rings is 1. The number of thioether (sulfide) groups is 1. The summed E-state index contributed by atoms with van der Waals surface area (Å²) in [5.74, 6) is -0.158. The van der Waals surface area contributed by atoms with E-state index in [0.717, 1.165) is 5.69 Å². The van der Waals surface area contributed by atoms with Gasteiger partial charge in [-0.1, -0.05) is 47.2 Å². The van der Waals surface area contributed by atoms with E-state index in [1.54, 1.807) is 18.2 Å². The van der Waals surface area contributed by atoms with Gasteiger partial charge in [0.05, 0.1) is 20.6 Å². The summed E-state index contributed by atoms with van der Waals surface area (Å²) < 4.78 is 2.41. The first-order valence-electron chi connectivity index (χ1n) is 6.32. The van der Waals surface area contributed by atoms with E-state index >= 15 is 0 Å². The van der Waals surface area contributed by atoms with Gasteiger partial charge in [0.25, 0.3) is 5.91 Å². The zero-order valence-electron chi connectivity index (χ0n) is 11.4. The van der Waals surface area contributed by atoms with Crippen molar-refractivity contribution in [3.63, 3.8) is 0 Å². The van der Waals surface area contributed by atoms with Crippen molar-refractivity contribution in [1.82, 2.24) is 4.57 Å². The Morgan fingerprint density at radius 2 is 2.00 bits per heavy atom. The van der Waals surface area contributed by atoms with Crippen molar-refractivity contribution in [2.24, 2.45) is 7.05 Å². The van der Waals surface area contributed by atoms with Crippen LogP contribution in [0.15, 0.2) is 41.4 Å². The molecule has 22 heavy (non-hydrogen) atoms. The first-order valence-corrected chi connectivity index (χ1v) is 8.30. The third kappa shape index (κ3) is 2.82. The quantitative estimate of drug-likeness (QED) is 0.565. The Hall–Kier alpha value is -1.27. The fourth-order valence-electron chi connectivity index (χ4n) is 2.07. The third-order valence-corrected chi connectivity index (χ3v) is 5.26. The molecule has 0 radical (unpaired) electrons. The van der Waals surface area contributed by atoms with Crippen LogP contribution in [0.25, 0.3) is 6.08 Å². The number of amides is 1. The standard InChI is InChI=1S/C15H10Cl2N2OS2/c1-18-6-2-3-9(18)8-13-14(20)19(15(21)22-13)10-4-5-11(16)12(17)7-10/h2-8H,1H3. The number of halogens is 2. The largest absolute Gasteiger partial charge is 0.351 e. The van der Waals surface area contributed by atoms with Gasteiger partial charge in [-0.3, -0.25) is 9.69 Å². The number of carbonyl (C=O) groups is 1. The molecule has 3 rings (SSSR count). The van der Waals surface area contributed by atoms with Gasteiger partial charge in [-0.15, -0.1) is 0 Å². The van der Waals surface area contributed by atoms with E-state index < -0.39 is 0 Å². The number of thiocarbonyl (C=S) groups is 1. The van der Waals surface area contributed by atoms with Crippen LogP contribution < -0.4 is 4.90 Å². The summed E-state index contributed by atoms with van der Waals surface area (Å²) in [7, 11) is 1.92. The molecule has 0 unspecified atom stereocenters. The summed E-state index contributed by atoms with van der Waals surface area (Å²) in [4.78, 5) is 14.7. The summed E-state index contributed by atoms with van der Waals surface area (Å²) in [6.45, 7) is 0. The van der Waals surface area contributed by atoms with E-state index in [1.165, 1.54) is 16.7 Å². The van der Waals surface area contributed by atoms with Crippen LogP contribution >= 0.6 is 47.2 Å². The second-order valence-corrected chi connectivity index (χ2v) is 7.15. The van der Waals surface area contributed by atoms with Gasteiger partial charge < -0.3 is 4.57 Å². The van der Waals surface area contributed by atoms with E-state index in [0.29, 0.717) is 25.0 Å². The molecular weight excluding hydrogens is 359 g/mol. The zero-order chi connectivity index (χ0) is 15.9. The Morgan fingerprint density at radius 3 is 2.64 bits per heavy atom. The van der Waals surface area contributed by atoms with Crippen LogP contribution in [-0.4, -0.2) is 14.8 Å². The van der Waals surface area contributed by atoms with Crippen molar-refractivity contribution in [3.8, 4) is 0 Å². The summed E-state index contributed by atoms with van der Waals surface area (Å²) in [5.41, 5.74) is 1.56. The monoisotopic (exact) mass is 368 g/mol. The maximum absolute atomic E-state index is 12.6. The Kier molecular flexibility index (Phi) is 4.32. The highest BCUT2D eigenvalue weighted by Gasteiger charge is 2.33. The van der Waals surface area contributed by atoms with Gasteiger partial charge >= 0.3 is 0 Å². The van der Waals surface area contributed by atoms with E-state index in [1.807, 2.05) is 36.0 Å². The van der Waals surface area contributed by atoms with Crippen LogP contribution in [0.5, 0.6) is 0 Å². The molecule has 1 saturated heterocycles. The van der Waals surface area contributed by atoms with Crippen molar-refractivity contribution in [1.29, 1.82) is 0 Å². The highest BCUT2D eigenvalue weighted by molar-refractivity contribution is 8.27. The molecule has 0 atom stereocenters. The number of nitrogens with zero attached hydrogens (tertiary/aromatic N) is 2. The number of anilines is 1. The number of aryl methyl sites for hydroxylation is 1. The van der Waals surface area contributed by atoms with Gasteiger partial charge in [0.1, 0.15) is 0 Å². The molecule has 112 valence electrons. The minimum absolute atomic E-state index is 0.158. The summed E-state index contributed by atoms with van der Waals surface area (Å²) in [6, 6.07) is 8.88. The number of hydrogen-bond donors (Lipinski definition) is 0. The van der Waals surface area contributed by atoms with Crippen molar-refractivity contribution in [2.45, 2.75) is 0 Å². The maximum Gasteiger partial charge on any atom is 0.270 e. The molecule has 2 aromatic rings. The summed E-state index contributed by atoms with van der Waals surface area (Å²) in [5, 5.41) is 0.829. The number of rotatable bonds is 2. The van der Waals surface area contributed by atoms with E-state index in [-0.39, 0.29) is 5.91 Å². The average Bonchev–Trinajstić information content (AvgIpc) is 2.99. The lowest BCUT2D eigenvalue weighted by Gasteiger charge is -2.15. The van der Waals surface area contributed by atoms with Crippen LogP contribution in [0, 0.1) is 0 Å². The predicted octanol–water partition coefficient (Wildman–Crippen LogP) is 4.74. The molecule has 1 aliphatic heterocycles. The highest BCUT2D eigenvalue weighted by atomic mass is 35.5. The van der Waals surface area contributed by atoms with Gasteiger partial charge in [0, 0.05) is 18.9 Å². The molecule has 0 bridgehead atoms. The zero-order valence-corrected chi connectivity index (χ0v) is 14.6. The third-order valence-electron chi connectivity index (χ3n) is 3.22. The molecule has 0 saturated carbocycles. The molecule has 1 amide bonds. The molecule has 1 aromatic heterocycles. The molecule has 0 spiro atoms. The molecular formula is C15H10Cl2N2OS2. The smallest absolute Gasteiger partial charge is 0.270 e. The molecule has 1 fully saturated rings. The summed E-state index contributed by atoms with van der Waals surface area (Å²) >= 11 is 18.5. The Labute approximate surface area is 147 Å². The van der Waals surface area contributed by atoms with Crippen molar-refractivity contribution in [2.75, 3.05) is 4.90 Å². The average molecular weight is 369 g/mol. The van der Waals surface area contributed by atoms with E-state index in [2.05, 4.69) is 0 Å². The Morgan fingerprint density at radius 1 is 1.23 bits per heavy atom. The first-order chi connectivity index (χ1) is 10.5. The van der Waals surface area contributed by atoms with Crippen LogP contribution in [0.1, 0.15) is 5.69 Å². The lowest BCUT2D eigenvalue weighted by atomic mass is 10.3. The molecule has 0 N–H and O–H groups in total. The Balaban J connectivity index is 1.96. The first kappa shape index (κ1) is 15.6. The minimum atomic E-state index is -0.158. The lowest BCUT2D eigenvalue weighted by molar-refractivity contribution is -0.113. The highest BCUT2D eigenvalue weighted by Crippen LogP contribution is 2.37. The fourth-order valence-corrected chi connectivity index (χ4v) is 3.65. The second-order valence-electron chi connectivity index (χ2n) is 4.66. The second kappa shape index (κ2) is 6.08. The Bertz CT molecular complexity index is 814. The van der Waals surface area contributed by atoms with Gasteiger partial charge in [-0.25, -0.2) is 0 Å². The van der Waals surface area contributed by atoms with Crippen molar-refractivity contribution >= 4 is 69.2 Å². The molecule has 7 heteroatoms. The number of aromatic nitrogens is 1. The van der Waals surface area contributed by atoms with Crippen LogP contribution in [-0.2, 0) is 11.8 Å². The predicted molar refractivity (Wildman–Crippen MR) is 97.5 cm³/mol. The number of carbonyl (C=O) groups excluding carboxylic acids is 1. The molecule has 0 aliphatic carbocycles. The topological polar surface area (TPSA) is 25.2 Å². The SMILES string of the molecule is Cn1cccc1C=C1SC(=S)N(c2ccc(Cl)c(Cl)c2)C1=O. The van der Waals surface area contributed by atoms with Crippen LogP contribution in [0.3, 0.4) is 0 Å². The molecule has 2 heterocycles. The van der Waals surface area contributed by atoms with E-state index in [9.17, 15) is 4.79 Å². The van der Waals surface area contributed by atoms with Crippen molar-refractivity contribution < 1.29 is 4.79 Å². The molecule has 1 aromatic carbocycles. The fraction of sp³-hybridized carbons (Fsp3) is 0.0667. The lowest BCUT2D eigenvalue weighted by Crippen LogP contribution is -2.27. The minimum Gasteiger partial charge on any atom is -0.351 e. The molecule has 3 nitrogen and oxygen atoms in total. The van der Waals surface area contributed by atoms with Gasteiger partial charge in [-0.2, -0.15) is 0 Å². The van der Waals surface area contributed by atoms with Gasteiger partial charge in [0.2, 0.25) is 0 Å². The van der Waals surface area contributed by atoms with Crippen LogP contribution in [0.4, 0.5) is 5.69 Å². The maximum atomic E-state index is 12.6. The molecule has 1 aliphatic rings. The van der Waals surface area contributed by atoms with Gasteiger partial charge in [-0.05, 0) is 36.4 Å². The van der Waals surface area contributed by atoms with Crippen molar-refractivity contribution in [3.05, 3.63) is 57.2 Å². The van der Waals surface area contributed by atoms with Gasteiger partial charge in [0.15, 0.2) is 4.32 Å². The van der Waals surface area contributed by atoms with E-state index in [4.69, 9.17) is 35.4 Å². The van der Waals surface area contributed by atoms with Crippen LogP contribution in [0.2, 0.25) is 10.0 Å².